The molecule has 27 heavy (non-hydrogen) atoms. The molecule has 0 fully saturated rings. The minimum Gasteiger partial charge on any atom is -0.496 e. The maximum absolute atomic E-state index is 14.4. The molecule has 0 amide bonds. The number of anilines is 1. The SMILES string of the molecule is COc1ccccc1C(Nc1ccccc1F)c1c(C)[nH]c2ccccc12. The number of rotatable bonds is 5. The number of aromatic amines is 1. The molecule has 1 unspecified atom stereocenters. The molecule has 0 saturated carbocycles. The molecule has 0 aliphatic carbocycles. The minimum absolute atomic E-state index is 0.269. The van der Waals surface area contributed by atoms with Crippen molar-refractivity contribution in [3.05, 3.63) is 95.4 Å². The Bertz CT molecular complexity index is 1090. The zero-order chi connectivity index (χ0) is 18.8. The Balaban J connectivity index is 1.93. The van der Waals surface area contributed by atoms with Gasteiger partial charge in [0.15, 0.2) is 0 Å². The number of H-pyrrole nitrogens is 1. The topological polar surface area (TPSA) is 37.0 Å². The summed E-state index contributed by atoms with van der Waals surface area (Å²) in [5.74, 6) is 0.478. The fourth-order valence-corrected chi connectivity index (χ4v) is 3.61. The lowest BCUT2D eigenvalue weighted by molar-refractivity contribution is 0.408. The molecule has 2 N–H and O–H groups in total. The summed E-state index contributed by atoms with van der Waals surface area (Å²) in [7, 11) is 1.65. The largest absolute Gasteiger partial charge is 0.496 e. The quantitative estimate of drug-likeness (QED) is 0.470. The lowest BCUT2D eigenvalue weighted by atomic mass is 9.95. The third kappa shape index (κ3) is 3.14. The molecule has 4 rings (SSSR count). The Hall–Kier alpha value is -3.27. The number of para-hydroxylation sites is 3. The van der Waals surface area contributed by atoms with Gasteiger partial charge in [0.05, 0.1) is 18.8 Å². The molecule has 1 heterocycles. The van der Waals surface area contributed by atoms with E-state index in [0.29, 0.717) is 5.69 Å². The van der Waals surface area contributed by atoms with Crippen LogP contribution in [0.1, 0.15) is 22.9 Å². The number of aromatic nitrogens is 1. The number of nitrogens with one attached hydrogen (secondary N) is 2. The van der Waals surface area contributed by atoms with Crippen LogP contribution in [-0.2, 0) is 0 Å². The summed E-state index contributed by atoms with van der Waals surface area (Å²) in [6.45, 7) is 2.04. The molecule has 0 saturated heterocycles. The summed E-state index contributed by atoms with van der Waals surface area (Å²) in [6, 6.07) is 22.5. The van der Waals surface area contributed by atoms with Crippen LogP contribution in [0.25, 0.3) is 10.9 Å². The number of halogens is 1. The van der Waals surface area contributed by atoms with E-state index in [1.807, 2.05) is 55.5 Å². The van der Waals surface area contributed by atoms with E-state index in [0.717, 1.165) is 33.5 Å². The van der Waals surface area contributed by atoms with Crippen molar-refractivity contribution in [1.29, 1.82) is 0 Å². The van der Waals surface area contributed by atoms with Gasteiger partial charge in [0.2, 0.25) is 0 Å². The summed E-state index contributed by atoms with van der Waals surface area (Å²) < 4.78 is 20.0. The van der Waals surface area contributed by atoms with Crippen LogP contribution >= 0.6 is 0 Å². The van der Waals surface area contributed by atoms with E-state index in [4.69, 9.17) is 4.74 Å². The Morgan fingerprint density at radius 3 is 2.44 bits per heavy atom. The number of hydrogen-bond acceptors (Lipinski definition) is 2. The molecule has 3 aromatic carbocycles. The van der Waals surface area contributed by atoms with Crippen LogP contribution in [0, 0.1) is 12.7 Å². The Morgan fingerprint density at radius 2 is 1.63 bits per heavy atom. The maximum atomic E-state index is 14.4. The summed E-state index contributed by atoms with van der Waals surface area (Å²) in [5.41, 5.74) is 4.59. The van der Waals surface area contributed by atoms with E-state index in [2.05, 4.69) is 16.4 Å². The van der Waals surface area contributed by atoms with Gasteiger partial charge in [-0.25, -0.2) is 4.39 Å². The van der Waals surface area contributed by atoms with Gasteiger partial charge in [0.25, 0.3) is 0 Å². The Morgan fingerprint density at radius 1 is 0.926 bits per heavy atom. The summed E-state index contributed by atoms with van der Waals surface area (Å²) in [6.07, 6.45) is 0. The van der Waals surface area contributed by atoms with Crippen LogP contribution in [0.15, 0.2) is 72.8 Å². The molecule has 1 aromatic heterocycles. The van der Waals surface area contributed by atoms with Gasteiger partial charge >= 0.3 is 0 Å². The van der Waals surface area contributed by atoms with Crippen molar-refractivity contribution in [2.75, 3.05) is 12.4 Å². The first-order chi connectivity index (χ1) is 13.2. The first-order valence-corrected chi connectivity index (χ1v) is 8.90. The first-order valence-electron chi connectivity index (χ1n) is 8.90. The van der Waals surface area contributed by atoms with Crippen molar-refractivity contribution in [2.24, 2.45) is 0 Å². The van der Waals surface area contributed by atoms with Gasteiger partial charge in [-0.05, 0) is 31.2 Å². The van der Waals surface area contributed by atoms with Gasteiger partial charge < -0.3 is 15.0 Å². The van der Waals surface area contributed by atoms with E-state index in [-0.39, 0.29) is 11.9 Å². The fourth-order valence-electron chi connectivity index (χ4n) is 3.61. The predicted octanol–water partition coefficient (Wildman–Crippen LogP) is 5.83. The van der Waals surface area contributed by atoms with Gasteiger partial charge in [-0.2, -0.15) is 0 Å². The highest BCUT2D eigenvalue weighted by molar-refractivity contribution is 5.86. The molecule has 0 aliphatic heterocycles. The van der Waals surface area contributed by atoms with Gasteiger partial charge in [0.1, 0.15) is 11.6 Å². The number of benzene rings is 3. The highest BCUT2D eigenvalue weighted by Crippen LogP contribution is 2.38. The van der Waals surface area contributed by atoms with Crippen LogP contribution in [0.3, 0.4) is 0 Å². The van der Waals surface area contributed by atoms with Crippen molar-refractivity contribution in [2.45, 2.75) is 13.0 Å². The second-order valence-electron chi connectivity index (χ2n) is 6.51. The van der Waals surface area contributed by atoms with Crippen molar-refractivity contribution in [3.63, 3.8) is 0 Å². The number of aryl methyl sites for hydroxylation is 1. The number of ether oxygens (including phenoxy) is 1. The molecule has 1 atom stereocenters. The van der Waals surface area contributed by atoms with Crippen molar-refractivity contribution >= 4 is 16.6 Å². The fraction of sp³-hybridized carbons (Fsp3) is 0.130. The van der Waals surface area contributed by atoms with Crippen molar-refractivity contribution in [1.82, 2.24) is 4.98 Å². The molecule has 0 spiro atoms. The highest BCUT2D eigenvalue weighted by Gasteiger charge is 2.24. The minimum atomic E-state index is -0.283. The van der Waals surface area contributed by atoms with E-state index in [1.54, 1.807) is 19.2 Å². The Labute approximate surface area is 157 Å². The van der Waals surface area contributed by atoms with E-state index in [1.165, 1.54) is 6.07 Å². The van der Waals surface area contributed by atoms with Crippen molar-refractivity contribution in [3.8, 4) is 5.75 Å². The van der Waals surface area contributed by atoms with Crippen molar-refractivity contribution < 1.29 is 9.13 Å². The van der Waals surface area contributed by atoms with E-state index >= 15 is 0 Å². The second-order valence-corrected chi connectivity index (χ2v) is 6.51. The lowest BCUT2D eigenvalue weighted by Crippen LogP contribution is -2.15. The second kappa shape index (κ2) is 7.16. The zero-order valence-corrected chi connectivity index (χ0v) is 15.3. The molecule has 4 heteroatoms. The van der Waals surface area contributed by atoms with Gasteiger partial charge in [0, 0.05) is 27.7 Å². The number of methoxy groups -OCH3 is 1. The monoisotopic (exact) mass is 360 g/mol. The third-order valence-electron chi connectivity index (χ3n) is 4.86. The Kier molecular flexibility index (Phi) is 4.55. The van der Waals surface area contributed by atoms with Crippen LogP contribution in [0.2, 0.25) is 0 Å². The van der Waals surface area contributed by atoms with Crippen LogP contribution in [-0.4, -0.2) is 12.1 Å². The molecule has 3 nitrogen and oxygen atoms in total. The maximum Gasteiger partial charge on any atom is 0.146 e. The van der Waals surface area contributed by atoms with E-state index in [9.17, 15) is 4.39 Å². The predicted molar refractivity (Wildman–Crippen MR) is 108 cm³/mol. The lowest BCUT2D eigenvalue weighted by Gasteiger charge is -2.23. The summed E-state index contributed by atoms with van der Waals surface area (Å²) >= 11 is 0. The van der Waals surface area contributed by atoms with Crippen LogP contribution in [0.5, 0.6) is 5.75 Å². The molecular weight excluding hydrogens is 339 g/mol. The third-order valence-corrected chi connectivity index (χ3v) is 4.86. The van der Waals surface area contributed by atoms with Crippen LogP contribution < -0.4 is 10.1 Å². The zero-order valence-electron chi connectivity index (χ0n) is 15.3. The van der Waals surface area contributed by atoms with Crippen LogP contribution in [0.4, 0.5) is 10.1 Å². The molecule has 136 valence electrons. The molecule has 0 radical (unpaired) electrons. The standard InChI is InChI=1S/C23H21FN2O/c1-15-22(16-9-3-6-12-19(16)25-15)23(17-10-4-8-14-21(17)27-2)26-20-13-7-5-11-18(20)24/h3-14,23,25-26H,1-2H3. The van der Waals surface area contributed by atoms with E-state index < -0.39 is 0 Å². The molecule has 0 aliphatic rings. The molecular formula is C23H21FN2O. The molecule has 4 aromatic rings. The number of fused-ring (bicyclic) bond motifs is 1. The number of hydrogen-bond donors (Lipinski definition) is 2. The first kappa shape index (κ1) is 17.2. The van der Waals surface area contributed by atoms with Gasteiger partial charge in [-0.3, -0.25) is 0 Å². The smallest absolute Gasteiger partial charge is 0.146 e. The summed E-state index contributed by atoms with van der Waals surface area (Å²) in [5, 5.41) is 4.50. The summed E-state index contributed by atoms with van der Waals surface area (Å²) in [4.78, 5) is 3.44. The normalized spacial score (nSPS) is 12.1. The van der Waals surface area contributed by atoms with Gasteiger partial charge in [-0.15, -0.1) is 0 Å². The molecule has 0 bridgehead atoms. The van der Waals surface area contributed by atoms with Gasteiger partial charge in [-0.1, -0.05) is 48.5 Å². The highest BCUT2D eigenvalue weighted by atomic mass is 19.1. The average Bonchev–Trinajstić information content (AvgIpc) is 3.03. The average molecular weight is 360 g/mol.